The van der Waals surface area contributed by atoms with Crippen LogP contribution >= 0.6 is 0 Å². The summed E-state index contributed by atoms with van der Waals surface area (Å²) in [6, 6.07) is 10.5. The summed E-state index contributed by atoms with van der Waals surface area (Å²) in [7, 11) is 4.10. The minimum absolute atomic E-state index is 0.495. The molecule has 0 saturated heterocycles. The van der Waals surface area contributed by atoms with Gasteiger partial charge in [0.2, 0.25) is 0 Å². The molecule has 1 aromatic heterocycles. The van der Waals surface area contributed by atoms with Gasteiger partial charge >= 0.3 is 0 Å². The lowest BCUT2D eigenvalue weighted by molar-refractivity contribution is 0.123. The molecule has 1 aliphatic rings. The Labute approximate surface area is 186 Å². The minimum Gasteiger partial charge on any atom is -0.381 e. The van der Waals surface area contributed by atoms with Crippen LogP contribution in [0.15, 0.2) is 35.3 Å². The van der Waals surface area contributed by atoms with Gasteiger partial charge in [0.05, 0.1) is 0 Å². The fourth-order valence-corrected chi connectivity index (χ4v) is 3.16. The number of para-hydroxylation sites is 1. The molecule has 1 aromatic carbocycles. The van der Waals surface area contributed by atoms with E-state index in [0.29, 0.717) is 6.54 Å². The normalized spacial score (nSPS) is 14.0. The number of guanidine groups is 1. The summed E-state index contributed by atoms with van der Waals surface area (Å²) in [5.41, 5.74) is 1.23. The lowest BCUT2D eigenvalue weighted by Gasteiger charge is -2.19. The van der Waals surface area contributed by atoms with Gasteiger partial charge in [-0.05, 0) is 50.7 Å². The van der Waals surface area contributed by atoms with Crippen molar-refractivity contribution < 1.29 is 4.74 Å². The van der Waals surface area contributed by atoms with Crippen molar-refractivity contribution in [3.05, 3.63) is 42.0 Å². The lowest BCUT2D eigenvalue weighted by Crippen LogP contribution is -2.39. The Morgan fingerprint density at radius 1 is 1.16 bits per heavy atom. The van der Waals surface area contributed by atoms with Gasteiger partial charge in [0.15, 0.2) is 11.8 Å². The van der Waals surface area contributed by atoms with E-state index in [0.717, 1.165) is 69.2 Å². The molecule has 31 heavy (non-hydrogen) atoms. The summed E-state index contributed by atoms with van der Waals surface area (Å²) >= 11 is 0. The SMILES string of the molecule is Cc1nnc(CN=C(NCCCOCC2CC2)NCCCN(C)c2ccccc2)n1C. The first-order valence-corrected chi connectivity index (χ1v) is 11.3. The van der Waals surface area contributed by atoms with Crippen molar-refractivity contribution in [2.24, 2.45) is 18.0 Å². The lowest BCUT2D eigenvalue weighted by atomic mass is 10.3. The number of hydrogen-bond acceptors (Lipinski definition) is 5. The summed E-state index contributed by atoms with van der Waals surface area (Å²) in [6.45, 7) is 6.80. The monoisotopic (exact) mass is 427 g/mol. The zero-order chi connectivity index (χ0) is 21.9. The maximum atomic E-state index is 5.73. The average Bonchev–Trinajstić information content (AvgIpc) is 3.56. The van der Waals surface area contributed by atoms with Crippen molar-refractivity contribution in [2.75, 3.05) is 44.8 Å². The summed E-state index contributed by atoms with van der Waals surface area (Å²) in [5.74, 6) is 3.38. The third-order valence-electron chi connectivity index (χ3n) is 5.53. The molecule has 1 aliphatic carbocycles. The maximum absolute atomic E-state index is 5.73. The predicted octanol–water partition coefficient (Wildman–Crippen LogP) is 2.50. The molecule has 3 rings (SSSR count). The average molecular weight is 428 g/mol. The molecule has 0 bridgehead atoms. The molecule has 2 aromatic rings. The van der Waals surface area contributed by atoms with Crippen LogP contribution in [0.2, 0.25) is 0 Å². The number of aliphatic imine (C=N–C) groups is 1. The Balaban J connectivity index is 1.42. The van der Waals surface area contributed by atoms with E-state index in [1.54, 1.807) is 0 Å². The Bertz CT molecular complexity index is 802. The van der Waals surface area contributed by atoms with E-state index in [-0.39, 0.29) is 0 Å². The summed E-state index contributed by atoms with van der Waals surface area (Å²) in [5, 5.41) is 15.2. The van der Waals surface area contributed by atoms with Crippen LogP contribution < -0.4 is 15.5 Å². The first-order chi connectivity index (χ1) is 15.1. The second kappa shape index (κ2) is 12.3. The Morgan fingerprint density at radius 3 is 2.58 bits per heavy atom. The van der Waals surface area contributed by atoms with Gasteiger partial charge in [0, 0.05) is 52.6 Å². The van der Waals surface area contributed by atoms with Crippen molar-refractivity contribution in [1.82, 2.24) is 25.4 Å². The molecule has 170 valence electrons. The van der Waals surface area contributed by atoms with Crippen LogP contribution in [-0.2, 0) is 18.3 Å². The fraction of sp³-hybridized carbons (Fsp3) is 0.609. The predicted molar refractivity (Wildman–Crippen MR) is 125 cm³/mol. The molecule has 0 aliphatic heterocycles. The molecule has 1 saturated carbocycles. The van der Waals surface area contributed by atoms with Crippen molar-refractivity contribution >= 4 is 11.6 Å². The van der Waals surface area contributed by atoms with E-state index in [4.69, 9.17) is 9.73 Å². The van der Waals surface area contributed by atoms with Gasteiger partial charge in [-0.15, -0.1) is 10.2 Å². The number of aromatic nitrogens is 3. The third kappa shape index (κ3) is 8.20. The Kier molecular flexibility index (Phi) is 9.15. The van der Waals surface area contributed by atoms with Crippen molar-refractivity contribution in [3.63, 3.8) is 0 Å². The van der Waals surface area contributed by atoms with E-state index in [1.165, 1.54) is 18.5 Å². The zero-order valence-corrected chi connectivity index (χ0v) is 19.2. The van der Waals surface area contributed by atoms with Gasteiger partial charge in [0.25, 0.3) is 0 Å². The number of benzene rings is 1. The molecule has 8 heteroatoms. The van der Waals surface area contributed by atoms with Crippen molar-refractivity contribution in [1.29, 1.82) is 0 Å². The van der Waals surface area contributed by atoms with Gasteiger partial charge < -0.3 is 24.8 Å². The van der Waals surface area contributed by atoms with Gasteiger partial charge in [-0.25, -0.2) is 4.99 Å². The highest BCUT2D eigenvalue weighted by Gasteiger charge is 2.20. The number of rotatable bonds is 13. The number of ether oxygens (including phenoxy) is 1. The van der Waals surface area contributed by atoms with Crippen LogP contribution in [0.25, 0.3) is 0 Å². The highest BCUT2D eigenvalue weighted by Crippen LogP contribution is 2.28. The Morgan fingerprint density at radius 2 is 1.90 bits per heavy atom. The quantitative estimate of drug-likeness (QED) is 0.290. The number of anilines is 1. The highest BCUT2D eigenvalue weighted by molar-refractivity contribution is 5.79. The van der Waals surface area contributed by atoms with Crippen LogP contribution in [0.3, 0.4) is 0 Å². The molecule has 0 radical (unpaired) electrons. The maximum Gasteiger partial charge on any atom is 0.191 e. The second-order valence-corrected chi connectivity index (χ2v) is 8.22. The molecule has 0 unspecified atom stereocenters. The van der Waals surface area contributed by atoms with Gasteiger partial charge in [-0.2, -0.15) is 0 Å². The van der Waals surface area contributed by atoms with Crippen LogP contribution in [0.5, 0.6) is 0 Å². The number of aryl methyl sites for hydroxylation is 1. The van der Waals surface area contributed by atoms with E-state index in [2.05, 4.69) is 57.0 Å². The van der Waals surface area contributed by atoms with E-state index in [1.807, 2.05) is 24.6 Å². The number of nitrogens with zero attached hydrogens (tertiary/aromatic N) is 5. The molecule has 0 amide bonds. The van der Waals surface area contributed by atoms with Gasteiger partial charge in [-0.3, -0.25) is 0 Å². The Hall–Kier alpha value is -2.61. The topological polar surface area (TPSA) is 79.6 Å². The van der Waals surface area contributed by atoms with E-state index >= 15 is 0 Å². The molecule has 2 N–H and O–H groups in total. The molecule has 1 heterocycles. The molecule has 0 spiro atoms. The smallest absolute Gasteiger partial charge is 0.191 e. The van der Waals surface area contributed by atoms with Crippen LogP contribution in [-0.4, -0.2) is 60.6 Å². The van der Waals surface area contributed by atoms with Gasteiger partial charge in [-0.1, -0.05) is 18.2 Å². The summed E-state index contributed by atoms with van der Waals surface area (Å²) in [4.78, 5) is 6.98. The van der Waals surface area contributed by atoms with Crippen molar-refractivity contribution in [3.8, 4) is 0 Å². The molecule has 1 fully saturated rings. The molecular formula is C23H37N7O. The first-order valence-electron chi connectivity index (χ1n) is 11.3. The van der Waals surface area contributed by atoms with Crippen LogP contribution in [0.4, 0.5) is 5.69 Å². The summed E-state index contributed by atoms with van der Waals surface area (Å²) in [6.07, 6.45) is 4.65. The first kappa shape index (κ1) is 23.1. The third-order valence-corrected chi connectivity index (χ3v) is 5.53. The van der Waals surface area contributed by atoms with E-state index < -0.39 is 0 Å². The van der Waals surface area contributed by atoms with Crippen LogP contribution in [0.1, 0.15) is 37.3 Å². The molecular weight excluding hydrogens is 390 g/mol. The fourth-order valence-electron chi connectivity index (χ4n) is 3.16. The molecule has 8 nitrogen and oxygen atoms in total. The number of nitrogens with one attached hydrogen (secondary N) is 2. The summed E-state index contributed by atoms with van der Waals surface area (Å²) < 4.78 is 7.70. The number of hydrogen-bond donors (Lipinski definition) is 2. The van der Waals surface area contributed by atoms with Crippen LogP contribution in [0, 0.1) is 12.8 Å². The standard InChI is InChI=1S/C23H37N7O/c1-19-27-28-22(30(19)3)17-26-23(25-14-8-16-31-18-20-11-12-20)24-13-7-15-29(2)21-9-5-4-6-10-21/h4-6,9-10,20H,7-8,11-18H2,1-3H3,(H2,24,25,26). The minimum atomic E-state index is 0.495. The zero-order valence-electron chi connectivity index (χ0n) is 19.2. The van der Waals surface area contributed by atoms with Gasteiger partial charge in [0.1, 0.15) is 12.4 Å². The largest absolute Gasteiger partial charge is 0.381 e. The highest BCUT2D eigenvalue weighted by atomic mass is 16.5. The second-order valence-electron chi connectivity index (χ2n) is 8.22. The van der Waals surface area contributed by atoms with Crippen molar-refractivity contribution in [2.45, 2.75) is 39.2 Å². The van der Waals surface area contributed by atoms with E-state index in [9.17, 15) is 0 Å². The molecule has 0 atom stereocenters.